The van der Waals surface area contributed by atoms with Gasteiger partial charge in [-0.25, -0.2) is 8.42 Å². The topological polar surface area (TPSA) is 63.4 Å². The van der Waals surface area contributed by atoms with Crippen LogP contribution in [-0.4, -0.2) is 36.3 Å². The summed E-state index contributed by atoms with van der Waals surface area (Å²) < 4.78 is 27.2. The fourth-order valence-corrected chi connectivity index (χ4v) is 5.53. The lowest BCUT2D eigenvalue weighted by atomic mass is 10.2. The molecule has 0 radical (unpaired) electrons. The fraction of sp³-hybridized carbons (Fsp3) is 0.538. The lowest BCUT2D eigenvalue weighted by molar-refractivity contribution is 0.340. The maximum atomic E-state index is 12.8. The van der Waals surface area contributed by atoms with Gasteiger partial charge in [0, 0.05) is 29.3 Å². The Morgan fingerprint density at radius 1 is 1.37 bits per heavy atom. The molecule has 0 spiro atoms. The molecule has 2 rings (SSSR count). The van der Waals surface area contributed by atoms with Crippen LogP contribution in [0.1, 0.15) is 19.4 Å². The Labute approximate surface area is 119 Å². The van der Waals surface area contributed by atoms with Crippen LogP contribution in [0.2, 0.25) is 0 Å². The smallest absolute Gasteiger partial charge is 0.243 e. The van der Waals surface area contributed by atoms with Crippen LogP contribution in [0.15, 0.2) is 23.1 Å². The third-order valence-electron chi connectivity index (χ3n) is 3.74. The Morgan fingerprint density at radius 2 is 2.05 bits per heavy atom. The molecule has 1 heterocycles. The van der Waals surface area contributed by atoms with Crippen LogP contribution in [-0.2, 0) is 10.0 Å². The minimum atomic E-state index is -3.46. The molecular weight excluding hydrogens is 280 g/mol. The molecule has 0 bridgehead atoms. The summed E-state index contributed by atoms with van der Waals surface area (Å²) in [5, 5.41) is 0.310. The van der Waals surface area contributed by atoms with Gasteiger partial charge in [-0.05, 0) is 31.5 Å². The van der Waals surface area contributed by atoms with Crippen molar-refractivity contribution in [3.8, 4) is 0 Å². The normalized spacial score (nSPS) is 25.4. The zero-order chi connectivity index (χ0) is 14.2. The molecule has 0 amide bonds. The Hall–Kier alpha value is -0.720. The van der Waals surface area contributed by atoms with Gasteiger partial charge in [0.1, 0.15) is 0 Å². The summed E-state index contributed by atoms with van der Waals surface area (Å²) in [7, 11) is -3.46. The molecule has 6 heteroatoms. The Balaban J connectivity index is 2.45. The molecule has 1 saturated heterocycles. The number of thioether (sulfide) groups is 1. The van der Waals surface area contributed by atoms with Crippen LogP contribution >= 0.6 is 11.8 Å². The van der Waals surface area contributed by atoms with Gasteiger partial charge in [-0.3, -0.25) is 0 Å². The molecule has 4 nitrogen and oxygen atoms in total. The first-order valence-electron chi connectivity index (χ1n) is 6.34. The molecule has 106 valence electrons. The van der Waals surface area contributed by atoms with Crippen molar-refractivity contribution >= 4 is 27.5 Å². The maximum Gasteiger partial charge on any atom is 0.243 e. The van der Waals surface area contributed by atoms with Crippen LogP contribution in [0.5, 0.6) is 0 Å². The van der Waals surface area contributed by atoms with E-state index in [1.165, 1.54) is 0 Å². The molecule has 1 aliphatic heterocycles. The largest absolute Gasteiger partial charge is 0.398 e. The number of hydrogen-bond acceptors (Lipinski definition) is 4. The number of hydrogen-bond donors (Lipinski definition) is 1. The SMILES string of the molecule is Cc1c(N)cccc1S(=O)(=O)N1CCSC(C)C1C. The van der Waals surface area contributed by atoms with Crippen molar-refractivity contribution < 1.29 is 8.42 Å². The van der Waals surface area contributed by atoms with Crippen LogP contribution in [0.4, 0.5) is 5.69 Å². The van der Waals surface area contributed by atoms with Gasteiger partial charge in [-0.1, -0.05) is 13.0 Å². The third kappa shape index (κ3) is 2.61. The predicted molar refractivity (Wildman–Crippen MR) is 80.9 cm³/mol. The van der Waals surface area contributed by atoms with Gasteiger partial charge in [0.25, 0.3) is 0 Å². The quantitative estimate of drug-likeness (QED) is 0.850. The van der Waals surface area contributed by atoms with Crippen LogP contribution in [0.25, 0.3) is 0 Å². The highest BCUT2D eigenvalue weighted by Crippen LogP contribution is 2.31. The Morgan fingerprint density at radius 3 is 2.74 bits per heavy atom. The van der Waals surface area contributed by atoms with E-state index in [9.17, 15) is 8.42 Å². The summed E-state index contributed by atoms with van der Waals surface area (Å²) >= 11 is 1.82. The molecule has 2 N–H and O–H groups in total. The average Bonchev–Trinajstić information content (AvgIpc) is 2.35. The number of anilines is 1. The monoisotopic (exact) mass is 300 g/mol. The van der Waals surface area contributed by atoms with Crippen molar-refractivity contribution in [1.82, 2.24) is 4.31 Å². The number of nitrogens with two attached hydrogens (primary N) is 1. The van der Waals surface area contributed by atoms with Crippen molar-refractivity contribution in [3.05, 3.63) is 23.8 Å². The van der Waals surface area contributed by atoms with Gasteiger partial charge < -0.3 is 5.73 Å². The van der Waals surface area contributed by atoms with Crippen molar-refractivity contribution in [2.75, 3.05) is 18.0 Å². The van der Waals surface area contributed by atoms with E-state index in [1.807, 2.05) is 18.7 Å². The van der Waals surface area contributed by atoms with Gasteiger partial charge >= 0.3 is 0 Å². The van der Waals surface area contributed by atoms with Gasteiger partial charge in [0.2, 0.25) is 10.0 Å². The first-order valence-corrected chi connectivity index (χ1v) is 8.83. The molecule has 1 aromatic carbocycles. The molecule has 0 aliphatic carbocycles. The highest BCUT2D eigenvalue weighted by Gasteiger charge is 2.35. The lowest BCUT2D eigenvalue weighted by Gasteiger charge is -2.36. The second-order valence-corrected chi connectivity index (χ2v) is 8.25. The molecular formula is C13H20N2O2S2. The minimum absolute atomic E-state index is 0.00424. The fourth-order valence-electron chi connectivity index (χ4n) is 2.28. The highest BCUT2D eigenvalue weighted by molar-refractivity contribution is 8.00. The van der Waals surface area contributed by atoms with Gasteiger partial charge in [-0.2, -0.15) is 16.1 Å². The molecule has 0 saturated carbocycles. The Bertz CT molecular complexity index is 572. The van der Waals surface area contributed by atoms with E-state index in [1.54, 1.807) is 29.4 Å². The van der Waals surface area contributed by atoms with E-state index in [0.717, 1.165) is 5.75 Å². The third-order valence-corrected chi connectivity index (χ3v) is 7.21. The first kappa shape index (κ1) is 14.7. The summed E-state index contributed by atoms with van der Waals surface area (Å²) in [5.41, 5.74) is 6.98. The van der Waals surface area contributed by atoms with E-state index in [0.29, 0.717) is 27.9 Å². The molecule has 1 fully saturated rings. The average molecular weight is 300 g/mol. The van der Waals surface area contributed by atoms with E-state index in [2.05, 4.69) is 6.92 Å². The number of sulfonamides is 1. The van der Waals surface area contributed by atoms with E-state index >= 15 is 0 Å². The molecule has 0 aromatic heterocycles. The predicted octanol–water partition coefficient (Wildman–Crippen LogP) is 2.09. The van der Waals surface area contributed by atoms with E-state index in [-0.39, 0.29) is 6.04 Å². The maximum absolute atomic E-state index is 12.8. The van der Waals surface area contributed by atoms with Crippen LogP contribution in [0.3, 0.4) is 0 Å². The summed E-state index contributed by atoms with van der Waals surface area (Å²) in [4.78, 5) is 0.332. The van der Waals surface area contributed by atoms with Crippen LogP contribution in [0, 0.1) is 6.92 Å². The number of nitrogens with zero attached hydrogens (tertiary/aromatic N) is 1. The first-order chi connectivity index (χ1) is 8.85. The van der Waals surface area contributed by atoms with Gasteiger partial charge in [0.05, 0.1) is 4.90 Å². The number of rotatable bonds is 2. The molecule has 1 aliphatic rings. The van der Waals surface area contributed by atoms with Gasteiger partial charge in [-0.15, -0.1) is 0 Å². The zero-order valence-electron chi connectivity index (χ0n) is 11.5. The summed E-state index contributed by atoms with van der Waals surface area (Å²) in [6, 6.07) is 5.07. The second-order valence-electron chi connectivity index (χ2n) is 4.90. The standard InChI is InChI=1S/C13H20N2O2S2/c1-9-12(14)5-4-6-13(9)19(16,17)15-7-8-18-11(3)10(15)2/h4-6,10-11H,7-8,14H2,1-3H3. The number of nitrogen functional groups attached to an aromatic ring is 1. The van der Waals surface area contributed by atoms with Crippen molar-refractivity contribution in [2.24, 2.45) is 0 Å². The highest BCUT2D eigenvalue weighted by atomic mass is 32.2. The lowest BCUT2D eigenvalue weighted by Crippen LogP contribution is -2.47. The summed E-state index contributed by atoms with van der Waals surface area (Å²) in [5.74, 6) is 0.839. The van der Waals surface area contributed by atoms with Crippen molar-refractivity contribution in [2.45, 2.75) is 37.0 Å². The molecule has 2 unspecified atom stereocenters. The second kappa shape index (κ2) is 5.34. The zero-order valence-corrected chi connectivity index (χ0v) is 13.1. The van der Waals surface area contributed by atoms with Crippen LogP contribution < -0.4 is 5.73 Å². The Kier molecular flexibility index (Phi) is 4.13. The summed E-state index contributed by atoms with van der Waals surface area (Å²) in [6.45, 7) is 6.36. The minimum Gasteiger partial charge on any atom is -0.398 e. The number of benzene rings is 1. The van der Waals surface area contributed by atoms with Crippen molar-refractivity contribution in [1.29, 1.82) is 0 Å². The molecule has 1 aromatic rings. The van der Waals surface area contributed by atoms with Gasteiger partial charge in [0.15, 0.2) is 0 Å². The van der Waals surface area contributed by atoms with E-state index < -0.39 is 10.0 Å². The van der Waals surface area contributed by atoms with E-state index in [4.69, 9.17) is 5.73 Å². The van der Waals surface area contributed by atoms with Crippen molar-refractivity contribution in [3.63, 3.8) is 0 Å². The summed E-state index contributed by atoms with van der Waals surface area (Å²) in [6.07, 6.45) is 0. The molecule has 2 atom stereocenters. The molecule has 19 heavy (non-hydrogen) atoms.